The summed E-state index contributed by atoms with van der Waals surface area (Å²) in [5.74, 6) is 0.602. The molecule has 0 fully saturated rings. The van der Waals surface area contributed by atoms with Crippen LogP contribution in [0.25, 0.3) is 10.9 Å². The quantitative estimate of drug-likeness (QED) is 0.732. The highest BCUT2D eigenvalue weighted by molar-refractivity contribution is 6.32. The number of ether oxygens (including phenoxy) is 1. The lowest BCUT2D eigenvalue weighted by Crippen LogP contribution is -1.89. The fourth-order valence-corrected chi connectivity index (χ4v) is 1.60. The average molecular weight is 222 g/mol. The van der Waals surface area contributed by atoms with Crippen molar-refractivity contribution in [3.05, 3.63) is 35.0 Å². The molecule has 76 valence electrons. The second-order valence-electron chi connectivity index (χ2n) is 3.03. The zero-order valence-electron chi connectivity index (χ0n) is 8.03. The third-order valence-corrected chi connectivity index (χ3v) is 2.40. The summed E-state index contributed by atoms with van der Waals surface area (Å²) < 4.78 is 5.08. The Bertz CT molecular complexity index is 525. The van der Waals surface area contributed by atoms with E-state index in [1.807, 2.05) is 6.07 Å². The fourth-order valence-electron chi connectivity index (χ4n) is 1.36. The van der Waals surface area contributed by atoms with E-state index in [-0.39, 0.29) is 0 Å². The maximum absolute atomic E-state index is 10.5. The summed E-state index contributed by atoms with van der Waals surface area (Å²) in [4.78, 5) is 14.7. The minimum atomic E-state index is 0.392. The predicted molar refractivity (Wildman–Crippen MR) is 58.7 cm³/mol. The highest BCUT2D eigenvalue weighted by Crippen LogP contribution is 2.28. The monoisotopic (exact) mass is 221 g/mol. The van der Waals surface area contributed by atoms with Crippen molar-refractivity contribution in [2.24, 2.45) is 0 Å². The number of pyridine rings is 1. The van der Waals surface area contributed by atoms with Gasteiger partial charge in [-0.15, -0.1) is 0 Å². The molecule has 0 bridgehead atoms. The number of aromatic nitrogens is 1. The van der Waals surface area contributed by atoms with Gasteiger partial charge in [-0.3, -0.25) is 4.79 Å². The van der Waals surface area contributed by atoms with Crippen LogP contribution in [0.5, 0.6) is 5.75 Å². The number of fused-ring (bicyclic) bond motifs is 1. The zero-order chi connectivity index (χ0) is 10.8. The van der Waals surface area contributed by atoms with E-state index in [1.54, 1.807) is 25.3 Å². The van der Waals surface area contributed by atoms with Gasteiger partial charge in [0.05, 0.1) is 17.6 Å². The van der Waals surface area contributed by atoms with Gasteiger partial charge in [0.15, 0.2) is 6.29 Å². The van der Waals surface area contributed by atoms with Crippen molar-refractivity contribution in [1.82, 2.24) is 4.98 Å². The normalized spacial score (nSPS) is 10.3. The standard InChI is InChI=1S/C11H8ClNO2/c1-15-11-4-7-2-3-8(6-14)13-10(7)5-9(11)12/h2-6H,1H3. The Morgan fingerprint density at radius 1 is 1.40 bits per heavy atom. The van der Waals surface area contributed by atoms with Gasteiger partial charge in [0, 0.05) is 5.39 Å². The molecular formula is C11H8ClNO2. The highest BCUT2D eigenvalue weighted by atomic mass is 35.5. The molecule has 0 unspecified atom stereocenters. The molecule has 0 saturated heterocycles. The van der Waals surface area contributed by atoms with E-state index in [1.165, 1.54) is 0 Å². The fraction of sp³-hybridized carbons (Fsp3) is 0.0909. The largest absolute Gasteiger partial charge is 0.495 e. The molecule has 4 heteroatoms. The number of benzene rings is 1. The molecule has 0 aliphatic rings. The van der Waals surface area contributed by atoms with Crippen LogP contribution in [-0.2, 0) is 0 Å². The first-order chi connectivity index (χ1) is 7.24. The van der Waals surface area contributed by atoms with E-state index >= 15 is 0 Å². The van der Waals surface area contributed by atoms with E-state index in [2.05, 4.69) is 4.98 Å². The topological polar surface area (TPSA) is 39.2 Å². The number of rotatable bonds is 2. The number of aldehydes is 1. The molecule has 0 N–H and O–H groups in total. The lowest BCUT2D eigenvalue weighted by atomic mass is 10.2. The Morgan fingerprint density at radius 2 is 2.20 bits per heavy atom. The number of hydrogen-bond acceptors (Lipinski definition) is 3. The van der Waals surface area contributed by atoms with Gasteiger partial charge in [0.2, 0.25) is 0 Å². The van der Waals surface area contributed by atoms with Crippen LogP contribution in [0.3, 0.4) is 0 Å². The molecule has 2 aromatic rings. The third kappa shape index (κ3) is 1.78. The number of hydrogen-bond donors (Lipinski definition) is 0. The summed E-state index contributed by atoms with van der Waals surface area (Å²) in [6.07, 6.45) is 0.706. The molecule has 3 nitrogen and oxygen atoms in total. The van der Waals surface area contributed by atoms with E-state index in [9.17, 15) is 4.79 Å². The van der Waals surface area contributed by atoms with Crippen molar-refractivity contribution in [2.45, 2.75) is 0 Å². The van der Waals surface area contributed by atoms with Crippen LogP contribution in [-0.4, -0.2) is 18.4 Å². The van der Waals surface area contributed by atoms with Crippen LogP contribution in [0.2, 0.25) is 5.02 Å². The molecule has 1 aromatic carbocycles. The first-order valence-corrected chi connectivity index (χ1v) is 4.72. The minimum absolute atomic E-state index is 0.392. The van der Waals surface area contributed by atoms with E-state index in [0.717, 1.165) is 5.39 Å². The smallest absolute Gasteiger partial charge is 0.168 e. The Kier molecular flexibility index (Phi) is 2.56. The zero-order valence-corrected chi connectivity index (χ0v) is 8.78. The van der Waals surface area contributed by atoms with Gasteiger partial charge in [-0.2, -0.15) is 0 Å². The van der Waals surface area contributed by atoms with Crippen LogP contribution in [0.4, 0.5) is 0 Å². The summed E-state index contributed by atoms with van der Waals surface area (Å²) in [5.41, 5.74) is 1.08. The second-order valence-corrected chi connectivity index (χ2v) is 3.44. The first-order valence-electron chi connectivity index (χ1n) is 4.34. The molecule has 0 atom stereocenters. The van der Waals surface area contributed by atoms with Gasteiger partial charge in [0.25, 0.3) is 0 Å². The summed E-state index contributed by atoms with van der Waals surface area (Å²) in [6, 6.07) is 6.94. The summed E-state index contributed by atoms with van der Waals surface area (Å²) >= 11 is 5.95. The van der Waals surface area contributed by atoms with Gasteiger partial charge >= 0.3 is 0 Å². The molecule has 0 amide bonds. The van der Waals surface area contributed by atoms with Gasteiger partial charge < -0.3 is 4.74 Å². The number of carbonyl (C=O) groups is 1. The average Bonchev–Trinajstić information content (AvgIpc) is 2.27. The number of halogens is 1. The Morgan fingerprint density at radius 3 is 2.87 bits per heavy atom. The van der Waals surface area contributed by atoms with Crippen LogP contribution in [0.1, 0.15) is 10.5 Å². The molecule has 0 saturated carbocycles. The van der Waals surface area contributed by atoms with Gasteiger partial charge in [-0.05, 0) is 18.2 Å². The Labute approximate surface area is 91.6 Å². The van der Waals surface area contributed by atoms with E-state index in [4.69, 9.17) is 16.3 Å². The third-order valence-electron chi connectivity index (χ3n) is 2.11. The molecule has 0 radical (unpaired) electrons. The molecule has 0 aliphatic carbocycles. The van der Waals surface area contributed by atoms with Crippen molar-refractivity contribution in [1.29, 1.82) is 0 Å². The van der Waals surface area contributed by atoms with Crippen molar-refractivity contribution >= 4 is 28.8 Å². The van der Waals surface area contributed by atoms with Crippen LogP contribution in [0.15, 0.2) is 24.3 Å². The number of nitrogens with zero attached hydrogens (tertiary/aromatic N) is 1. The van der Waals surface area contributed by atoms with E-state index < -0.39 is 0 Å². The lowest BCUT2D eigenvalue weighted by Gasteiger charge is -2.04. The molecule has 1 heterocycles. The maximum atomic E-state index is 10.5. The van der Waals surface area contributed by atoms with Crippen LogP contribution in [0, 0.1) is 0 Å². The Balaban J connectivity index is 2.70. The van der Waals surface area contributed by atoms with Crippen LogP contribution < -0.4 is 4.74 Å². The molecule has 1 aromatic heterocycles. The number of methoxy groups -OCH3 is 1. The van der Waals surface area contributed by atoms with Crippen molar-refractivity contribution in [3.8, 4) is 5.75 Å². The molecule has 0 aliphatic heterocycles. The van der Waals surface area contributed by atoms with Crippen molar-refractivity contribution in [2.75, 3.05) is 7.11 Å². The molecular weight excluding hydrogens is 214 g/mol. The van der Waals surface area contributed by atoms with Crippen molar-refractivity contribution in [3.63, 3.8) is 0 Å². The summed E-state index contributed by atoms with van der Waals surface area (Å²) in [7, 11) is 1.56. The van der Waals surface area contributed by atoms with Gasteiger partial charge in [-0.25, -0.2) is 4.98 Å². The molecule has 0 spiro atoms. The van der Waals surface area contributed by atoms with Crippen LogP contribution >= 0.6 is 11.6 Å². The molecule has 15 heavy (non-hydrogen) atoms. The van der Waals surface area contributed by atoms with Gasteiger partial charge in [-0.1, -0.05) is 17.7 Å². The predicted octanol–water partition coefficient (Wildman–Crippen LogP) is 2.71. The minimum Gasteiger partial charge on any atom is -0.495 e. The SMILES string of the molecule is COc1cc2ccc(C=O)nc2cc1Cl. The number of carbonyl (C=O) groups excluding carboxylic acids is 1. The highest BCUT2D eigenvalue weighted by Gasteiger charge is 2.04. The summed E-state index contributed by atoms with van der Waals surface area (Å²) in [5, 5.41) is 1.38. The first kappa shape index (κ1) is 9.93. The van der Waals surface area contributed by atoms with Gasteiger partial charge in [0.1, 0.15) is 11.4 Å². The Hall–Kier alpha value is -1.61. The lowest BCUT2D eigenvalue weighted by molar-refractivity contribution is 0.111. The maximum Gasteiger partial charge on any atom is 0.168 e. The summed E-state index contributed by atoms with van der Waals surface area (Å²) in [6.45, 7) is 0. The molecule has 2 rings (SSSR count). The second kappa shape index (κ2) is 3.87. The van der Waals surface area contributed by atoms with Crippen molar-refractivity contribution < 1.29 is 9.53 Å². The van der Waals surface area contributed by atoms with E-state index in [0.29, 0.717) is 28.3 Å².